The van der Waals surface area contributed by atoms with Crippen molar-refractivity contribution in [3.8, 4) is 11.3 Å². The lowest BCUT2D eigenvalue weighted by Gasteiger charge is -2.34. The predicted octanol–water partition coefficient (Wildman–Crippen LogP) is 3.11. The zero-order valence-corrected chi connectivity index (χ0v) is 19.2. The van der Waals surface area contributed by atoms with E-state index in [1.807, 2.05) is 18.3 Å². The highest BCUT2D eigenvalue weighted by molar-refractivity contribution is 7.15. The maximum Gasteiger partial charge on any atom is 0.410 e. The highest BCUT2D eigenvalue weighted by atomic mass is 35.5. The Morgan fingerprint density at radius 3 is 3.03 bits per heavy atom. The Balaban J connectivity index is 1.31. The molecule has 2 aliphatic heterocycles. The number of rotatable bonds is 5. The quantitative estimate of drug-likeness (QED) is 0.324. The van der Waals surface area contributed by atoms with Crippen LogP contribution in [0.15, 0.2) is 47.7 Å². The van der Waals surface area contributed by atoms with Gasteiger partial charge in [-0.15, -0.1) is 0 Å². The largest absolute Gasteiger partial charge is 0.447 e. The zero-order chi connectivity index (χ0) is 22.9. The van der Waals surface area contributed by atoms with Crippen LogP contribution in [0, 0.1) is 0 Å². The molecule has 4 heterocycles. The van der Waals surface area contributed by atoms with Gasteiger partial charge in [-0.3, -0.25) is 14.8 Å². The van der Waals surface area contributed by atoms with Gasteiger partial charge in [0.15, 0.2) is 0 Å². The predicted molar refractivity (Wildman–Crippen MR) is 129 cm³/mol. The van der Waals surface area contributed by atoms with Crippen molar-refractivity contribution < 1.29 is 9.53 Å². The highest BCUT2D eigenvalue weighted by Crippen LogP contribution is 2.29. The van der Waals surface area contributed by atoms with E-state index in [1.165, 1.54) is 11.3 Å². The van der Waals surface area contributed by atoms with Gasteiger partial charge >= 0.3 is 6.09 Å². The second-order valence-electron chi connectivity index (χ2n) is 7.90. The van der Waals surface area contributed by atoms with Crippen LogP contribution in [0.25, 0.3) is 11.3 Å². The van der Waals surface area contributed by atoms with E-state index in [2.05, 4.69) is 19.9 Å². The number of benzene rings is 1. The molecular formula is C22H22ClN7O2S. The first-order chi connectivity index (χ1) is 16.0. The average Bonchev–Trinajstić information content (AvgIpc) is 3.40. The van der Waals surface area contributed by atoms with Gasteiger partial charge in [-0.05, 0) is 24.3 Å². The van der Waals surface area contributed by atoms with Crippen molar-refractivity contribution in [3.05, 3.63) is 58.2 Å². The van der Waals surface area contributed by atoms with Gasteiger partial charge < -0.3 is 16.2 Å². The van der Waals surface area contributed by atoms with E-state index >= 15 is 0 Å². The Morgan fingerprint density at radius 2 is 2.18 bits per heavy atom. The van der Waals surface area contributed by atoms with E-state index in [1.54, 1.807) is 29.3 Å². The van der Waals surface area contributed by atoms with E-state index in [-0.39, 0.29) is 18.0 Å². The minimum Gasteiger partial charge on any atom is -0.447 e. The third-order valence-corrected chi connectivity index (χ3v) is 6.88. The Hall–Kier alpha value is -3.21. The minimum atomic E-state index is -0.210. The molecule has 1 aromatic carbocycles. The summed E-state index contributed by atoms with van der Waals surface area (Å²) in [6.07, 6.45) is 3.29. The van der Waals surface area contributed by atoms with Crippen LogP contribution in [0.5, 0.6) is 0 Å². The fourth-order valence-corrected chi connectivity index (χ4v) is 5.09. The van der Waals surface area contributed by atoms with Crippen molar-refractivity contribution in [1.82, 2.24) is 19.8 Å². The Labute approximate surface area is 199 Å². The second-order valence-corrected chi connectivity index (χ2v) is 9.40. The number of ether oxygens (including phenoxy) is 1. The molecule has 0 aliphatic carbocycles. The van der Waals surface area contributed by atoms with Gasteiger partial charge in [-0.1, -0.05) is 29.0 Å². The van der Waals surface area contributed by atoms with Gasteiger partial charge in [-0.2, -0.15) is 0 Å². The lowest BCUT2D eigenvalue weighted by atomic mass is 10.0. The molecule has 5 rings (SSSR count). The number of thiazole rings is 1. The summed E-state index contributed by atoms with van der Waals surface area (Å²) in [5.41, 5.74) is 15.0. The normalized spacial score (nSPS) is 18.9. The molecule has 11 heteroatoms. The monoisotopic (exact) mass is 483 g/mol. The Bertz CT molecular complexity index is 1230. The first-order valence-electron chi connectivity index (χ1n) is 10.4. The van der Waals surface area contributed by atoms with Gasteiger partial charge in [0.2, 0.25) is 5.13 Å². The van der Waals surface area contributed by atoms with Crippen molar-refractivity contribution in [1.29, 1.82) is 0 Å². The van der Waals surface area contributed by atoms with Crippen LogP contribution < -0.4 is 11.5 Å². The van der Waals surface area contributed by atoms with Crippen molar-refractivity contribution in [2.75, 3.05) is 32.0 Å². The van der Waals surface area contributed by atoms with Crippen molar-refractivity contribution in [2.45, 2.75) is 12.6 Å². The van der Waals surface area contributed by atoms with E-state index in [9.17, 15) is 4.79 Å². The first kappa shape index (κ1) is 21.6. The number of nitrogens with zero attached hydrogens (tertiary/aromatic N) is 5. The fraction of sp³-hybridized carbons (Fsp3) is 0.273. The molecule has 1 atom stereocenters. The molecule has 2 aliphatic rings. The number of amidine groups is 1. The van der Waals surface area contributed by atoms with Crippen LogP contribution in [0.2, 0.25) is 5.02 Å². The molecule has 2 saturated heterocycles. The van der Waals surface area contributed by atoms with E-state index in [0.717, 1.165) is 30.1 Å². The molecule has 0 spiro atoms. The molecule has 4 N–H and O–H groups in total. The summed E-state index contributed by atoms with van der Waals surface area (Å²) in [6, 6.07) is 9.14. The average molecular weight is 484 g/mol. The minimum absolute atomic E-state index is 0.121. The molecule has 3 aromatic rings. The molecule has 2 aromatic heterocycles. The molecule has 9 nitrogen and oxygen atoms in total. The maximum absolute atomic E-state index is 11.7. The number of aliphatic imine (C=N–C) groups is 1. The van der Waals surface area contributed by atoms with Crippen LogP contribution >= 0.6 is 22.9 Å². The molecule has 0 saturated carbocycles. The number of carbonyl (C=O) groups excluding carboxylic acids is 1. The lowest BCUT2D eigenvalue weighted by Crippen LogP contribution is -2.51. The number of piperazine rings is 1. The van der Waals surface area contributed by atoms with Gasteiger partial charge in [0.25, 0.3) is 0 Å². The SMILES string of the molecule is N/C(=N\c1ncc(CN2CCN3C(=O)OCC3C2)s1)c1cc(-c2ncccc2Cl)ccc1N. The standard InChI is InChI=1S/C22H22ClN7O2S/c23-17-2-1-5-26-19(17)13-3-4-18(24)16(8-13)20(25)28-21-27-9-15(33-21)11-29-6-7-30-14(10-29)12-32-22(30)31/h1-5,8-9,14H,6-7,10-12,24H2,(H2,25,27,28). The molecule has 1 amide bonds. The third kappa shape index (κ3) is 4.50. The van der Waals surface area contributed by atoms with Gasteiger partial charge in [-0.25, -0.2) is 14.8 Å². The molecule has 0 radical (unpaired) electrons. The molecule has 170 valence electrons. The van der Waals surface area contributed by atoms with Gasteiger partial charge in [0, 0.05) is 60.3 Å². The lowest BCUT2D eigenvalue weighted by molar-refractivity contribution is 0.116. The van der Waals surface area contributed by atoms with Crippen LogP contribution in [0.1, 0.15) is 10.4 Å². The number of hydrogen-bond donors (Lipinski definition) is 2. The molecular weight excluding hydrogens is 462 g/mol. The Morgan fingerprint density at radius 1 is 1.30 bits per heavy atom. The van der Waals surface area contributed by atoms with Crippen molar-refractivity contribution in [3.63, 3.8) is 0 Å². The molecule has 33 heavy (non-hydrogen) atoms. The van der Waals surface area contributed by atoms with Crippen LogP contribution in [-0.4, -0.2) is 64.0 Å². The summed E-state index contributed by atoms with van der Waals surface area (Å²) in [7, 11) is 0. The highest BCUT2D eigenvalue weighted by Gasteiger charge is 2.37. The van der Waals surface area contributed by atoms with Crippen LogP contribution in [0.4, 0.5) is 15.6 Å². The summed E-state index contributed by atoms with van der Waals surface area (Å²) in [5.74, 6) is 0.275. The summed E-state index contributed by atoms with van der Waals surface area (Å²) < 4.78 is 5.14. The number of carbonyl (C=O) groups is 1. The number of amides is 1. The summed E-state index contributed by atoms with van der Waals surface area (Å²) in [4.78, 5) is 30.1. The number of nitrogen functional groups attached to an aromatic ring is 1. The van der Waals surface area contributed by atoms with Crippen LogP contribution in [0.3, 0.4) is 0 Å². The first-order valence-corrected chi connectivity index (χ1v) is 11.6. The van der Waals surface area contributed by atoms with Gasteiger partial charge in [0.05, 0.1) is 16.8 Å². The second kappa shape index (κ2) is 8.97. The summed E-state index contributed by atoms with van der Waals surface area (Å²) in [6.45, 7) is 3.44. The number of nitrogens with two attached hydrogens (primary N) is 2. The zero-order valence-electron chi connectivity index (χ0n) is 17.6. The summed E-state index contributed by atoms with van der Waals surface area (Å²) in [5, 5.41) is 1.10. The number of anilines is 1. The number of cyclic esters (lactones) is 1. The van der Waals surface area contributed by atoms with E-state index in [4.69, 9.17) is 27.8 Å². The smallest absolute Gasteiger partial charge is 0.410 e. The Kier molecular flexibility index (Phi) is 5.88. The van der Waals surface area contributed by atoms with E-state index < -0.39 is 0 Å². The number of aromatic nitrogens is 2. The fourth-order valence-electron chi connectivity index (χ4n) is 4.03. The topological polar surface area (TPSA) is 123 Å². The van der Waals surface area contributed by atoms with Crippen molar-refractivity contribution >= 4 is 45.7 Å². The van der Waals surface area contributed by atoms with Gasteiger partial charge in [0.1, 0.15) is 12.4 Å². The molecule has 1 unspecified atom stereocenters. The number of fused-ring (bicyclic) bond motifs is 1. The third-order valence-electron chi connectivity index (χ3n) is 5.70. The van der Waals surface area contributed by atoms with Crippen LogP contribution in [-0.2, 0) is 11.3 Å². The summed E-state index contributed by atoms with van der Waals surface area (Å²) >= 11 is 7.76. The number of hydrogen-bond acceptors (Lipinski definition) is 8. The maximum atomic E-state index is 11.7. The molecule has 0 bridgehead atoms. The van der Waals surface area contributed by atoms with Crippen molar-refractivity contribution in [2.24, 2.45) is 10.7 Å². The number of pyridine rings is 1. The molecule has 2 fully saturated rings. The number of halogens is 1. The van der Waals surface area contributed by atoms with E-state index in [0.29, 0.717) is 40.3 Å².